The molecule has 1 aliphatic rings. The second-order valence-electron chi connectivity index (χ2n) is 10.7. The molecule has 4 N–H and O–H groups in total. The predicted octanol–water partition coefficient (Wildman–Crippen LogP) is 5.10. The van der Waals surface area contributed by atoms with Crippen LogP contribution < -0.4 is 21.1 Å². The Bertz CT molecular complexity index is 1390. The van der Waals surface area contributed by atoms with Crippen molar-refractivity contribution in [3.8, 4) is 22.8 Å². The van der Waals surface area contributed by atoms with Gasteiger partial charge in [-0.15, -0.1) is 0 Å². The zero-order valence-corrected chi connectivity index (χ0v) is 22.8. The standard InChI is InChI=1S/C30H37N7O2/c1-19(2)17-25(32-3)30(38)35-21-11-13-22(14-12-21)37-29-26(28(31)33-18-34-29)27(36-37)20-9-15-24(16-10-20)39-23-7-5-4-6-8-23/h4-10,15-16,18-19,21-22,25,32H,11-14,17H2,1-3H3,(H,35,38)(H2,31,33,34)/t21-,22+,25-/m1/s1. The summed E-state index contributed by atoms with van der Waals surface area (Å²) in [6.45, 7) is 4.27. The first-order valence-electron chi connectivity index (χ1n) is 13.7. The fraction of sp³-hybridized carbons (Fsp3) is 0.400. The normalized spacial score (nSPS) is 18.3. The number of aromatic nitrogens is 4. The van der Waals surface area contributed by atoms with Gasteiger partial charge in [0.25, 0.3) is 0 Å². The Kier molecular flexibility index (Phi) is 8.07. The third-order valence-electron chi connectivity index (χ3n) is 7.39. The van der Waals surface area contributed by atoms with Crippen LogP contribution in [-0.2, 0) is 4.79 Å². The van der Waals surface area contributed by atoms with Crippen molar-refractivity contribution in [3.05, 3.63) is 60.9 Å². The highest BCUT2D eigenvalue weighted by Crippen LogP contribution is 2.36. The van der Waals surface area contributed by atoms with Crippen LogP contribution in [-0.4, -0.2) is 44.8 Å². The maximum Gasteiger partial charge on any atom is 0.237 e. The highest BCUT2D eigenvalue weighted by Gasteiger charge is 2.29. The van der Waals surface area contributed by atoms with Gasteiger partial charge in [0.1, 0.15) is 29.3 Å². The van der Waals surface area contributed by atoms with E-state index in [0.717, 1.165) is 65.9 Å². The molecule has 9 nitrogen and oxygen atoms in total. The van der Waals surface area contributed by atoms with Crippen molar-refractivity contribution in [1.82, 2.24) is 30.4 Å². The number of para-hydroxylation sites is 1. The minimum Gasteiger partial charge on any atom is -0.457 e. The van der Waals surface area contributed by atoms with Crippen molar-refractivity contribution in [2.45, 2.75) is 64.1 Å². The molecule has 204 valence electrons. The summed E-state index contributed by atoms with van der Waals surface area (Å²) in [6, 6.07) is 17.7. The van der Waals surface area contributed by atoms with Gasteiger partial charge in [0.2, 0.25) is 5.91 Å². The quantitative estimate of drug-likeness (QED) is 0.277. The fourth-order valence-corrected chi connectivity index (χ4v) is 5.35. The number of fused-ring (bicyclic) bond motifs is 1. The number of carbonyl (C=O) groups excluding carboxylic acids is 1. The van der Waals surface area contributed by atoms with E-state index in [-0.39, 0.29) is 24.0 Å². The lowest BCUT2D eigenvalue weighted by molar-refractivity contribution is -0.124. The average Bonchev–Trinajstić information content (AvgIpc) is 3.34. The first-order valence-corrected chi connectivity index (χ1v) is 13.7. The molecule has 0 bridgehead atoms. The van der Waals surface area contributed by atoms with Gasteiger partial charge in [0.05, 0.1) is 17.5 Å². The topological polar surface area (TPSA) is 120 Å². The lowest BCUT2D eigenvalue weighted by Crippen LogP contribution is -2.48. The van der Waals surface area contributed by atoms with Gasteiger partial charge in [-0.2, -0.15) is 5.10 Å². The van der Waals surface area contributed by atoms with Crippen molar-refractivity contribution >= 4 is 22.8 Å². The number of carbonyl (C=O) groups is 1. The summed E-state index contributed by atoms with van der Waals surface area (Å²) < 4.78 is 7.95. The second-order valence-corrected chi connectivity index (χ2v) is 10.7. The summed E-state index contributed by atoms with van der Waals surface area (Å²) in [6.07, 6.45) is 5.87. The summed E-state index contributed by atoms with van der Waals surface area (Å²) in [5.74, 6) is 2.47. The first-order chi connectivity index (χ1) is 18.9. The molecule has 2 aromatic carbocycles. The highest BCUT2D eigenvalue weighted by atomic mass is 16.5. The van der Waals surface area contributed by atoms with E-state index in [9.17, 15) is 4.79 Å². The Balaban J connectivity index is 1.32. The van der Waals surface area contributed by atoms with E-state index in [0.29, 0.717) is 11.7 Å². The number of ether oxygens (including phenoxy) is 1. The van der Waals surface area contributed by atoms with Gasteiger partial charge < -0.3 is 21.1 Å². The van der Waals surface area contributed by atoms with Gasteiger partial charge in [-0.3, -0.25) is 4.79 Å². The molecule has 0 spiro atoms. The van der Waals surface area contributed by atoms with Crippen LogP contribution in [0.5, 0.6) is 11.5 Å². The Labute approximate surface area is 229 Å². The monoisotopic (exact) mass is 527 g/mol. The molecule has 1 amide bonds. The average molecular weight is 528 g/mol. The second kappa shape index (κ2) is 11.8. The molecule has 0 saturated heterocycles. The summed E-state index contributed by atoms with van der Waals surface area (Å²) in [5, 5.41) is 12.2. The van der Waals surface area contributed by atoms with E-state index in [1.165, 1.54) is 6.33 Å². The van der Waals surface area contributed by atoms with E-state index in [1.807, 2.05) is 66.3 Å². The molecule has 2 aromatic heterocycles. The van der Waals surface area contributed by atoms with E-state index in [4.69, 9.17) is 15.6 Å². The van der Waals surface area contributed by atoms with Crippen LogP contribution in [0.1, 0.15) is 52.0 Å². The Hall–Kier alpha value is -3.98. The molecule has 0 aliphatic heterocycles. The van der Waals surface area contributed by atoms with Gasteiger partial charge >= 0.3 is 0 Å². The zero-order valence-electron chi connectivity index (χ0n) is 22.8. The number of rotatable bonds is 9. The van der Waals surface area contributed by atoms with Crippen LogP contribution in [0.4, 0.5) is 5.82 Å². The van der Waals surface area contributed by atoms with Crippen LogP contribution >= 0.6 is 0 Å². The van der Waals surface area contributed by atoms with E-state index in [1.54, 1.807) is 0 Å². The number of anilines is 1. The summed E-state index contributed by atoms with van der Waals surface area (Å²) >= 11 is 0. The molecule has 39 heavy (non-hydrogen) atoms. The van der Waals surface area contributed by atoms with Gasteiger partial charge in [0.15, 0.2) is 5.65 Å². The highest BCUT2D eigenvalue weighted by molar-refractivity contribution is 5.98. The van der Waals surface area contributed by atoms with Gasteiger partial charge in [0, 0.05) is 11.6 Å². The van der Waals surface area contributed by atoms with Crippen LogP contribution in [0.3, 0.4) is 0 Å². The maximum atomic E-state index is 12.8. The summed E-state index contributed by atoms with van der Waals surface area (Å²) in [5.41, 5.74) is 8.76. The van der Waals surface area contributed by atoms with Crippen molar-refractivity contribution in [2.75, 3.05) is 12.8 Å². The largest absolute Gasteiger partial charge is 0.457 e. The van der Waals surface area contributed by atoms with Crippen LogP contribution in [0, 0.1) is 5.92 Å². The minimum absolute atomic E-state index is 0.0849. The first kappa shape index (κ1) is 26.6. The number of nitrogens with one attached hydrogen (secondary N) is 2. The molecule has 1 fully saturated rings. The number of amides is 1. The molecule has 2 heterocycles. The Morgan fingerprint density at radius 1 is 1.03 bits per heavy atom. The Morgan fingerprint density at radius 3 is 2.38 bits per heavy atom. The maximum absolute atomic E-state index is 12.8. The van der Waals surface area contributed by atoms with Crippen LogP contribution in [0.2, 0.25) is 0 Å². The Morgan fingerprint density at radius 2 is 1.72 bits per heavy atom. The molecule has 1 atom stereocenters. The number of benzene rings is 2. The number of likely N-dealkylation sites (N-methyl/N-ethyl adjacent to an activating group) is 1. The van der Waals surface area contributed by atoms with Gasteiger partial charge in [-0.05, 0) is 81.5 Å². The molecule has 0 unspecified atom stereocenters. The summed E-state index contributed by atoms with van der Waals surface area (Å²) in [7, 11) is 1.85. The van der Waals surface area contributed by atoms with E-state index in [2.05, 4.69) is 34.4 Å². The van der Waals surface area contributed by atoms with Crippen molar-refractivity contribution in [1.29, 1.82) is 0 Å². The fourth-order valence-electron chi connectivity index (χ4n) is 5.35. The van der Waals surface area contributed by atoms with Crippen molar-refractivity contribution in [2.24, 2.45) is 5.92 Å². The molecule has 1 aliphatic carbocycles. The molecular formula is C30H37N7O2. The SMILES string of the molecule is CN[C@H](CC(C)C)C(=O)N[C@H]1CC[C@@H](n2nc(-c3ccc(Oc4ccccc4)cc3)c3c(N)ncnc32)CC1. The molecular weight excluding hydrogens is 490 g/mol. The number of nitrogens with zero attached hydrogens (tertiary/aromatic N) is 4. The number of nitrogens with two attached hydrogens (primary N) is 1. The van der Waals surface area contributed by atoms with Crippen LogP contribution in [0.25, 0.3) is 22.3 Å². The number of nitrogen functional groups attached to an aromatic ring is 1. The zero-order chi connectivity index (χ0) is 27.4. The minimum atomic E-state index is -0.163. The molecule has 4 aromatic rings. The van der Waals surface area contributed by atoms with Gasteiger partial charge in [-0.25, -0.2) is 14.6 Å². The molecule has 9 heteroatoms. The third kappa shape index (κ3) is 6.04. The number of hydrogen-bond donors (Lipinski definition) is 3. The molecule has 1 saturated carbocycles. The lowest BCUT2D eigenvalue weighted by atomic mass is 9.90. The summed E-state index contributed by atoms with van der Waals surface area (Å²) in [4.78, 5) is 21.6. The molecule has 5 rings (SSSR count). The van der Waals surface area contributed by atoms with Gasteiger partial charge in [-0.1, -0.05) is 32.0 Å². The van der Waals surface area contributed by atoms with E-state index < -0.39 is 0 Å². The molecule has 0 radical (unpaired) electrons. The lowest BCUT2D eigenvalue weighted by Gasteiger charge is -2.30. The van der Waals surface area contributed by atoms with E-state index >= 15 is 0 Å². The predicted molar refractivity (Wildman–Crippen MR) is 153 cm³/mol. The number of hydrogen-bond acceptors (Lipinski definition) is 7. The third-order valence-corrected chi connectivity index (χ3v) is 7.39. The van der Waals surface area contributed by atoms with Crippen LogP contribution in [0.15, 0.2) is 60.9 Å². The van der Waals surface area contributed by atoms with Crippen molar-refractivity contribution in [3.63, 3.8) is 0 Å². The van der Waals surface area contributed by atoms with Crippen molar-refractivity contribution < 1.29 is 9.53 Å². The smallest absolute Gasteiger partial charge is 0.237 e.